The second-order valence-corrected chi connectivity index (χ2v) is 13.4. The molecule has 0 atom stereocenters. The zero-order valence-corrected chi connectivity index (χ0v) is 28.8. The van der Waals surface area contributed by atoms with Crippen molar-refractivity contribution in [2.24, 2.45) is 0 Å². The molecule has 9 rings (SSSR count). The maximum absolute atomic E-state index is 2.46. The molecule has 0 heterocycles. The quantitative estimate of drug-likeness (QED) is 0.173. The first-order valence-corrected chi connectivity index (χ1v) is 17.7. The highest BCUT2D eigenvalue weighted by molar-refractivity contribution is 6.07. The Balaban J connectivity index is 1.25. The second-order valence-electron chi connectivity index (χ2n) is 13.4. The fourth-order valence-corrected chi connectivity index (χ4v) is 7.75. The summed E-state index contributed by atoms with van der Waals surface area (Å²) in [5.41, 5.74) is 13.3. The van der Waals surface area contributed by atoms with Crippen LogP contribution in [0.3, 0.4) is 0 Å². The van der Waals surface area contributed by atoms with Gasteiger partial charge in [-0.1, -0.05) is 164 Å². The van der Waals surface area contributed by atoms with E-state index in [0.717, 1.165) is 17.1 Å². The maximum atomic E-state index is 2.46. The molecule has 0 N–H and O–H groups in total. The third-order valence-corrected chi connectivity index (χ3v) is 10.4. The van der Waals surface area contributed by atoms with Crippen LogP contribution in [-0.4, -0.2) is 0 Å². The van der Waals surface area contributed by atoms with Gasteiger partial charge in [-0.25, -0.2) is 0 Å². The third kappa shape index (κ3) is 5.44. The van der Waals surface area contributed by atoms with Gasteiger partial charge in [0.05, 0.1) is 11.4 Å². The Morgan fingerprint density at radius 1 is 0.314 bits per heavy atom. The molecule has 0 radical (unpaired) electrons. The first kappa shape index (κ1) is 30.6. The Kier molecular flexibility index (Phi) is 7.67. The van der Waals surface area contributed by atoms with Gasteiger partial charge in [0.25, 0.3) is 0 Å². The van der Waals surface area contributed by atoms with E-state index < -0.39 is 0 Å². The number of nitrogens with zero attached hydrogens (tertiary/aromatic N) is 1. The van der Waals surface area contributed by atoms with E-state index in [2.05, 4.69) is 207 Å². The standard InChI is InChI=1S/C50H37N/c1-34-23-31-49(46-20-10-8-17-41(34)46)51(50-32-24-35(2)42-18-9-11-21-47(42)50)40-29-30-45(48(33-40)37-13-4-3-5-14-37)39-27-25-38(26-28-39)44-22-12-16-36-15-6-7-19-43(36)44/h3-33H,1-2H3. The fraction of sp³-hybridized carbons (Fsp3) is 0.0400. The van der Waals surface area contributed by atoms with Gasteiger partial charge >= 0.3 is 0 Å². The summed E-state index contributed by atoms with van der Waals surface area (Å²) in [5.74, 6) is 0. The van der Waals surface area contributed by atoms with Crippen molar-refractivity contribution in [2.45, 2.75) is 13.8 Å². The smallest absolute Gasteiger partial charge is 0.0540 e. The van der Waals surface area contributed by atoms with Gasteiger partial charge in [0.15, 0.2) is 0 Å². The van der Waals surface area contributed by atoms with E-state index in [9.17, 15) is 0 Å². The Morgan fingerprint density at radius 3 is 1.43 bits per heavy atom. The minimum atomic E-state index is 1.12. The largest absolute Gasteiger partial charge is 0.309 e. The van der Waals surface area contributed by atoms with Crippen LogP contribution in [0.5, 0.6) is 0 Å². The number of aryl methyl sites for hydroxylation is 2. The van der Waals surface area contributed by atoms with Crippen molar-refractivity contribution in [3.63, 3.8) is 0 Å². The molecule has 0 saturated carbocycles. The lowest BCUT2D eigenvalue weighted by Crippen LogP contribution is -2.12. The molecule has 0 aliphatic rings. The second kappa shape index (κ2) is 12.8. The molecular formula is C50H37N. The predicted molar refractivity (Wildman–Crippen MR) is 219 cm³/mol. The zero-order chi connectivity index (χ0) is 34.3. The fourth-order valence-electron chi connectivity index (χ4n) is 7.75. The molecule has 0 bridgehead atoms. The summed E-state index contributed by atoms with van der Waals surface area (Å²) >= 11 is 0. The first-order valence-electron chi connectivity index (χ1n) is 17.7. The molecule has 0 aromatic heterocycles. The van der Waals surface area contributed by atoms with E-state index in [4.69, 9.17) is 0 Å². The molecule has 0 aliphatic carbocycles. The minimum Gasteiger partial charge on any atom is -0.309 e. The van der Waals surface area contributed by atoms with E-state index in [-0.39, 0.29) is 0 Å². The highest BCUT2D eigenvalue weighted by atomic mass is 15.1. The topological polar surface area (TPSA) is 3.24 Å². The SMILES string of the molecule is Cc1ccc(N(c2ccc(-c3ccc(-c4cccc5ccccc45)cc3)c(-c3ccccc3)c2)c2ccc(C)c3ccccc23)c2ccccc12. The Bertz CT molecular complexity index is 2610. The van der Waals surface area contributed by atoms with Gasteiger partial charge in [-0.3, -0.25) is 0 Å². The van der Waals surface area contributed by atoms with Gasteiger partial charge in [-0.05, 0) is 104 Å². The van der Waals surface area contributed by atoms with Crippen molar-refractivity contribution in [3.05, 3.63) is 199 Å². The van der Waals surface area contributed by atoms with E-state index in [1.807, 2.05) is 0 Å². The molecule has 242 valence electrons. The van der Waals surface area contributed by atoms with Crippen LogP contribution in [0, 0.1) is 13.8 Å². The lowest BCUT2D eigenvalue weighted by molar-refractivity contribution is 1.30. The molecule has 0 unspecified atom stereocenters. The molecule has 9 aromatic rings. The predicted octanol–water partition coefficient (Wildman–Crippen LogP) is 14.2. The lowest BCUT2D eigenvalue weighted by atomic mass is 9.91. The van der Waals surface area contributed by atoms with Crippen molar-refractivity contribution in [3.8, 4) is 33.4 Å². The number of hydrogen-bond acceptors (Lipinski definition) is 1. The summed E-state index contributed by atoms with van der Waals surface area (Å²) in [5, 5.41) is 7.53. The number of rotatable bonds is 6. The van der Waals surface area contributed by atoms with Crippen molar-refractivity contribution >= 4 is 49.4 Å². The van der Waals surface area contributed by atoms with Crippen molar-refractivity contribution in [1.29, 1.82) is 0 Å². The molecule has 0 amide bonds. The van der Waals surface area contributed by atoms with Crippen LogP contribution in [0.25, 0.3) is 65.7 Å². The van der Waals surface area contributed by atoms with Crippen molar-refractivity contribution in [1.82, 2.24) is 0 Å². The van der Waals surface area contributed by atoms with Crippen LogP contribution in [0.2, 0.25) is 0 Å². The van der Waals surface area contributed by atoms with Gasteiger partial charge in [-0.15, -0.1) is 0 Å². The zero-order valence-electron chi connectivity index (χ0n) is 28.8. The average molecular weight is 652 g/mol. The summed E-state index contributed by atoms with van der Waals surface area (Å²) in [6, 6.07) is 68.7. The normalized spacial score (nSPS) is 11.3. The maximum Gasteiger partial charge on any atom is 0.0540 e. The van der Waals surface area contributed by atoms with Gasteiger partial charge in [0.2, 0.25) is 0 Å². The number of fused-ring (bicyclic) bond motifs is 3. The Hall–Kier alpha value is -6.44. The van der Waals surface area contributed by atoms with E-state index in [0.29, 0.717) is 0 Å². The van der Waals surface area contributed by atoms with Gasteiger partial charge in [0, 0.05) is 16.5 Å². The summed E-state index contributed by atoms with van der Waals surface area (Å²) in [6.45, 7) is 4.40. The Labute approximate surface area is 299 Å². The molecular weight excluding hydrogens is 615 g/mol. The highest BCUT2D eigenvalue weighted by Crippen LogP contribution is 2.46. The highest BCUT2D eigenvalue weighted by Gasteiger charge is 2.21. The number of anilines is 3. The van der Waals surface area contributed by atoms with Gasteiger partial charge in [-0.2, -0.15) is 0 Å². The van der Waals surface area contributed by atoms with Crippen LogP contribution in [0.1, 0.15) is 11.1 Å². The van der Waals surface area contributed by atoms with Crippen LogP contribution in [0.15, 0.2) is 188 Å². The van der Waals surface area contributed by atoms with E-state index in [1.165, 1.54) is 76.8 Å². The molecule has 0 aliphatic heterocycles. The number of benzene rings is 9. The third-order valence-electron chi connectivity index (χ3n) is 10.4. The van der Waals surface area contributed by atoms with Crippen LogP contribution >= 0.6 is 0 Å². The van der Waals surface area contributed by atoms with Gasteiger partial charge < -0.3 is 4.90 Å². The summed E-state index contributed by atoms with van der Waals surface area (Å²) in [4.78, 5) is 2.46. The molecule has 1 heteroatoms. The van der Waals surface area contributed by atoms with Crippen LogP contribution in [-0.2, 0) is 0 Å². The lowest BCUT2D eigenvalue weighted by Gasteiger charge is -2.29. The first-order chi connectivity index (χ1) is 25.1. The molecule has 51 heavy (non-hydrogen) atoms. The summed E-state index contributed by atoms with van der Waals surface area (Å²) < 4.78 is 0. The van der Waals surface area contributed by atoms with Gasteiger partial charge in [0.1, 0.15) is 0 Å². The molecule has 0 saturated heterocycles. The van der Waals surface area contributed by atoms with Crippen LogP contribution in [0.4, 0.5) is 17.1 Å². The molecule has 0 spiro atoms. The number of hydrogen-bond donors (Lipinski definition) is 0. The van der Waals surface area contributed by atoms with Crippen LogP contribution < -0.4 is 4.90 Å². The molecule has 1 nitrogen and oxygen atoms in total. The van der Waals surface area contributed by atoms with E-state index in [1.54, 1.807) is 0 Å². The minimum absolute atomic E-state index is 1.12. The molecule has 9 aromatic carbocycles. The van der Waals surface area contributed by atoms with Crippen molar-refractivity contribution < 1.29 is 0 Å². The Morgan fingerprint density at radius 2 is 0.804 bits per heavy atom. The monoisotopic (exact) mass is 651 g/mol. The van der Waals surface area contributed by atoms with E-state index >= 15 is 0 Å². The summed E-state index contributed by atoms with van der Waals surface area (Å²) in [6.07, 6.45) is 0. The molecule has 0 fully saturated rings. The van der Waals surface area contributed by atoms with Crippen molar-refractivity contribution in [2.75, 3.05) is 4.90 Å². The summed E-state index contributed by atoms with van der Waals surface area (Å²) in [7, 11) is 0. The average Bonchev–Trinajstić information content (AvgIpc) is 3.20.